The van der Waals surface area contributed by atoms with Gasteiger partial charge in [0.15, 0.2) is 0 Å². The topological polar surface area (TPSA) is 84.0 Å². The summed E-state index contributed by atoms with van der Waals surface area (Å²) in [6.45, 7) is 4.47. The molecule has 2 aromatic rings. The lowest BCUT2D eigenvalue weighted by Crippen LogP contribution is -2.29. The Morgan fingerprint density at radius 1 is 1.33 bits per heavy atom. The number of aromatic nitrogens is 2. The van der Waals surface area contributed by atoms with E-state index in [1.54, 1.807) is 18.5 Å². The average Bonchev–Trinajstić information content (AvgIpc) is 3.00. The molecule has 2 rings (SSSR count). The first kappa shape index (κ1) is 15.9. The quantitative estimate of drug-likeness (QED) is 0.816. The summed E-state index contributed by atoms with van der Waals surface area (Å²) in [5, 5.41) is 5.63. The SMILES string of the molecule is CCNc1ccncc1S(=O)(=O)NC(CC)c1nccs1. The van der Waals surface area contributed by atoms with Gasteiger partial charge in [0.25, 0.3) is 0 Å². The fourth-order valence-electron chi connectivity index (χ4n) is 1.90. The highest BCUT2D eigenvalue weighted by Crippen LogP contribution is 2.24. The van der Waals surface area contributed by atoms with Gasteiger partial charge in [-0.15, -0.1) is 11.3 Å². The molecular formula is C13H18N4O2S2. The van der Waals surface area contributed by atoms with E-state index in [0.717, 1.165) is 5.01 Å². The summed E-state index contributed by atoms with van der Waals surface area (Å²) in [5.74, 6) is 0. The van der Waals surface area contributed by atoms with Gasteiger partial charge in [-0.25, -0.2) is 18.1 Å². The molecule has 0 saturated carbocycles. The van der Waals surface area contributed by atoms with Crippen LogP contribution in [0.2, 0.25) is 0 Å². The first-order valence-corrected chi connectivity index (χ1v) is 9.04. The van der Waals surface area contributed by atoms with Gasteiger partial charge in [0.2, 0.25) is 10.0 Å². The maximum atomic E-state index is 12.6. The summed E-state index contributed by atoms with van der Waals surface area (Å²) >= 11 is 1.44. The Balaban J connectivity index is 2.30. The van der Waals surface area contributed by atoms with E-state index in [1.807, 2.05) is 19.2 Å². The van der Waals surface area contributed by atoms with Crippen LogP contribution in [-0.2, 0) is 10.0 Å². The Hall–Kier alpha value is -1.51. The molecule has 0 fully saturated rings. The first-order valence-electron chi connectivity index (χ1n) is 6.68. The van der Waals surface area contributed by atoms with Crippen LogP contribution in [0.5, 0.6) is 0 Å². The van der Waals surface area contributed by atoms with Gasteiger partial charge >= 0.3 is 0 Å². The van der Waals surface area contributed by atoms with Gasteiger partial charge in [-0.05, 0) is 19.4 Å². The van der Waals surface area contributed by atoms with Crippen molar-refractivity contribution in [1.82, 2.24) is 14.7 Å². The van der Waals surface area contributed by atoms with Gasteiger partial charge in [-0.2, -0.15) is 0 Å². The molecule has 0 aliphatic heterocycles. The van der Waals surface area contributed by atoms with E-state index >= 15 is 0 Å². The smallest absolute Gasteiger partial charge is 0.244 e. The molecule has 1 atom stereocenters. The summed E-state index contributed by atoms with van der Waals surface area (Å²) in [5.41, 5.74) is 0.550. The Morgan fingerprint density at radius 3 is 2.76 bits per heavy atom. The van der Waals surface area contributed by atoms with E-state index in [1.165, 1.54) is 17.5 Å². The van der Waals surface area contributed by atoms with E-state index in [0.29, 0.717) is 18.7 Å². The third kappa shape index (κ3) is 3.78. The lowest BCUT2D eigenvalue weighted by atomic mass is 10.3. The molecule has 0 amide bonds. The van der Waals surface area contributed by atoms with Gasteiger partial charge in [0.05, 0.1) is 11.7 Å². The third-order valence-electron chi connectivity index (χ3n) is 2.90. The Kier molecular flexibility index (Phi) is 5.27. The lowest BCUT2D eigenvalue weighted by Gasteiger charge is -2.16. The molecule has 0 aliphatic carbocycles. The summed E-state index contributed by atoms with van der Waals surface area (Å²) in [7, 11) is -3.66. The van der Waals surface area contributed by atoms with Crippen LogP contribution >= 0.6 is 11.3 Å². The van der Waals surface area contributed by atoms with Crippen LogP contribution in [0.1, 0.15) is 31.3 Å². The van der Waals surface area contributed by atoms with Gasteiger partial charge in [-0.1, -0.05) is 6.92 Å². The summed E-state index contributed by atoms with van der Waals surface area (Å²) in [6, 6.07) is 1.33. The minimum absolute atomic E-state index is 0.154. The molecule has 0 aromatic carbocycles. The van der Waals surface area contributed by atoms with Crippen molar-refractivity contribution in [2.45, 2.75) is 31.2 Å². The van der Waals surface area contributed by atoms with Crippen molar-refractivity contribution >= 4 is 27.0 Å². The molecule has 0 aliphatic rings. The van der Waals surface area contributed by atoms with Gasteiger partial charge < -0.3 is 5.32 Å². The van der Waals surface area contributed by atoms with Crippen molar-refractivity contribution in [1.29, 1.82) is 0 Å². The molecule has 1 unspecified atom stereocenters. The first-order chi connectivity index (χ1) is 10.1. The van der Waals surface area contributed by atoms with Crippen LogP contribution in [0.25, 0.3) is 0 Å². The maximum absolute atomic E-state index is 12.6. The lowest BCUT2D eigenvalue weighted by molar-refractivity contribution is 0.549. The number of sulfonamides is 1. The van der Waals surface area contributed by atoms with Gasteiger partial charge in [0, 0.05) is 30.5 Å². The van der Waals surface area contributed by atoms with Crippen molar-refractivity contribution in [2.24, 2.45) is 0 Å². The third-order valence-corrected chi connectivity index (χ3v) is 5.28. The largest absolute Gasteiger partial charge is 0.384 e. The second-order valence-electron chi connectivity index (χ2n) is 4.35. The zero-order chi connectivity index (χ0) is 15.3. The molecule has 0 radical (unpaired) electrons. The number of rotatable bonds is 7. The molecule has 6 nitrogen and oxygen atoms in total. The number of nitrogens with one attached hydrogen (secondary N) is 2. The van der Waals surface area contributed by atoms with Crippen LogP contribution in [-0.4, -0.2) is 24.9 Å². The minimum Gasteiger partial charge on any atom is -0.384 e. The highest BCUT2D eigenvalue weighted by atomic mass is 32.2. The van der Waals surface area contributed by atoms with Gasteiger partial charge in [0.1, 0.15) is 9.90 Å². The summed E-state index contributed by atoms with van der Waals surface area (Å²) < 4.78 is 27.9. The Labute approximate surface area is 128 Å². The zero-order valence-corrected chi connectivity index (χ0v) is 13.5. The molecule has 114 valence electrons. The molecule has 2 heterocycles. The fourth-order valence-corrected chi connectivity index (χ4v) is 4.15. The molecule has 0 saturated heterocycles. The number of anilines is 1. The van der Waals surface area contributed by atoms with E-state index < -0.39 is 10.0 Å². The molecule has 2 aromatic heterocycles. The second kappa shape index (κ2) is 6.97. The van der Waals surface area contributed by atoms with E-state index in [-0.39, 0.29) is 10.9 Å². The van der Waals surface area contributed by atoms with Crippen LogP contribution in [0.3, 0.4) is 0 Å². The van der Waals surface area contributed by atoms with Crippen molar-refractivity contribution in [3.8, 4) is 0 Å². The standard InChI is InChI=1S/C13H18N4O2S2/c1-3-10(13-16-7-8-20-13)17-21(18,19)12-9-14-6-5-11(12)15-4-2/h5-10,17H,3-4H2,1-2H3,(H,14,15). The normalized spacial score (nSPS) is 13.0. The Bertz CT molecular complexity index is 671. The monoisotopic (exact) mass is 326 g/mol. The number of nitrogens with zero attached hydrogens (tertiary/aromatic N) is 2. The van der Waals surface area contributed by atoms with Gasteiger partial charge in [-0.3, -0.25) is 4.98 Å². The van der Waals surface area contributed by atoms with E-state index in [4.69, 9.17) is 0 Å². The van der Waals surface area contributed by atoms with Crippen molar-refractivity contribution in [3.05, 3.63) is 35.0 Å². The minimum atomic E-state index is -3.66. The number of thiazole rings is 1. The molecule has 0 bridgehead atoms. The summed E-state index contributed by atoms with van der Waals surface area (Å²) in [4.78, 5) is 8.26. The highest BCUT2D eigenvalue weighted by Gasteiger charge is 2.24. The highest BCUT2D eigenvalue weighted by molar-refractivity contribution is 7.89. The Morgan fingerprint density at radius 2 is 2.14 bits per heavy atom. The van der Waals surface area contributed by atoms with E-state index in [9.17, 15) is 8.42 Å². The summed E-state index contributed by atoms with van der Waals surface area (Å²) in [6.07, 6.45) is 5.22. The second-order valence-corrected chi connectivity index (χ2v) is 6.96. The van der Waals surface area contributed by atoms with E-state index in [2.05, 4.69) is 20.0 Å². The van der Waals surface area contributed by atoms with Crippen molar-refractivity contribution in [2.75, 3.05) is 11.9 Å². The molecule has 0 spiro atoms. The predicted molar refractivity (Wildman–Crippen MR) is 83.9 cm³/mol. The molecule has 2 N–H and O–H groups in total. The molecule has 8 heteroatoms. The van der Waals surface area contributed by atoms with Crippen LogP contribution in [0.15, 0.2) is 34.9 Å². The van der Waals surface area contributed by atoms with Crippen molar-refractivity contribution < 1.29 is 8.42 Å². The average molecular weight is 326 g/mol. The fraction of sp³-hybridized carbons (Fsp3) is 0.385. The number of pyridine rings is 1. The van der Waals surface area contributed by atoms with Crippen LogP contribution in [0, 0.1) is 0 Å². The maximum Gasteiger partial charge on any atom is 0.244 e. The van der Waals surface area contributed by atoms with Crippen LogP contribution in [0.4, 0.5) is 5.69 Å². The zero-order valence-electron chi connectivity index (χ0n) is 11.9. The molecule has 21 heavy (non-hydrogen) atoms. The van der Waals surface area contributed by atoms with Crippen LogP contribution < -0.4 is 10.0 Å². The van der Waals surface area contributed by atoms with Crippen molar-refractivity contribution in [3.63, 3.8) is 0 Å². The predicted octanol–water partition coefficient (Wildman–Crippen LogP) is 2.40. The number of hydrogen-bond acceptors (Lipinski definition) is 6. The molecular weight excluding hydrogens is 308 g/mol. The number of hydrogen-bond donors (Lipinski definition) is 2.